The number of benzene rings is 2. The molecule has 0 aliphatic heterocycles. The molecule has 158 valence electrons. The number of aliphatic imine (C=N–C) groups is 1. The number of guanidine groups is 1. The van der Waals surface area contributed by atoms with E-state index in [9.17, 15) is 8.42 Å². The third-order valence-corrected chi connectivity index (χ3v) is 4.60. The maximum absolute atomic E-state index is 9.19. The number of fused-ring (bicyclic) bond motifs is 1. The van der Waals surface area contributed by atoms with E-state index in [-0.39, 0.29) is 5.41 Å². The van der Waals surface area contributed by atoms with Gasteiger partial charge in [0.2, 0.25) is 0 Å². The van der Waals surface area contributed by atoms with Gasteiger partial charge in [0.15, 0.2) is 5.96 Å². The lowest BCUT2D eigenvalue weighted by Gasteiger charge is -2.18. The van der Waals surface area contributed by atoms with Gasteiger partial charge >= 0.3 is 0 Å². The maximum Gasteiger partial charge on any atom is 0.261 e. The summed E-state index contributed by atoms with van der Waals surface area (Å²) >= 11 is 0. The van der Waals surface area contributed by atoms with Gasteiger partial charge in [-0.3, -0.25) is 4.55 Å². The first-order valence-corrected chi connectivity index (χ1v) is 11.5. The number of hydrogen-bond donors (Lipinski definition) is 3. The number of nitrogens with one attached hydrogen (secondary N) is 1. The van der Waals surface area contributed by atoms with Crippen molar-refractivity contribution in [1.29, 1.82) is 0 Å². The van der Waals surface area contributed by atoms with Crippen LogP contribution in [0, 0.1) is 0 Å². The minimum Gasteiger partial charge on any atom is -0.369 e. The molecule has 0 aromatic heterocycles. The van der Waals surface area contributed by atoms with Crippen LogP contribution in [-0.2, 0) is 28.4 Å². The molecule has 0 fully saturated rings. The highest BCUT2D eigenvalue weighted by atomic mass is 32.2. The van der Waals surface area contributed by atoms with E-state index in [4.69, 9.17) is 10.3 Å². The van der Waals surface area contributed by atoms with E-state index in [2.05, 4.69) is 61.4 Å². The predicted octanol–water partition coefficient (Wildman–Crippen LogP) is 4.43. The Kier molecular flexibility index (Phi) is 7.43. The molecule has 0 saturated heterocycles. The Morgan fingerprint density at radius 2 is 1.59 bits per heavy atom. The molecule has 2 aromatic carbocycles. The largest absolute Gasteiger partial charge is 0.369 e. The van der Waals surface area contributed by atoms with E-state index >= 15 is 0 Å². The molecule has 0 heterocycles. The van der Waals surface area contributed by atoms with E-state index < -0.39 is 10.1 Å². The van der Waals surface area contributed by atoms with Crippen LogP contribution < -0.4 is 11.1 Å². The fourth-order valence-corrected chi connectivity index (χ4v) is 3.16. The first-order chi connectivity index (χ1) is 13.4. The van der Waals surface area contributed by atoms with Crippen molar-refractivity contribution < 1.29 is 13.0 Å². The summed E-state index contributed by atoms with van der Waals surface area (Å²) in [6, 6.07) is 14.8. The summed E-state index contributed by atoms with van der Waals surface area (Å²) in [7, 11) is -3.67. The molecule has 0 amide bonds. The average Bonchev–Trinajstić information content (AvgIpc) is 2.60. The molecule has 0 unspecified atom stereocenters. The lowest BCUT2D eigenvalue weighted by molar-refractivity contribution is 0.490. The molecule has 1 aliphatic carbocycles. The number of anilines is 1. The van der Waals surface area contributed by atoms with E-state index in [1.165, 1.54) is 36.0 Å². The second-order valence-electron chi connectivity index (χ2n) is 8.34. The van der Waals surface area contributed by atoms with Gasteiger partial charge in [-0.25, -0.2) is 4.99 Å². The van der Waals surface area contributed by atoms with Gasteiger partial charge in [-0.1, -0.05) is 39.0 Å². The standard InChI is InChI=1S/C21H27N3.CH4O3S/c1-21(2,3)17-9-12-18(13-10-17)23-20(22)24-19-11-8-15-6-4-5-7-16(15)14-19;1-5(2,3)4/h8-14H,4-7H2,1-3H3,(H3,22,23,24);1H3,(H,2,3,4). The van der Waals surface area contributed by atoms with E-state index in [0.29, 0.717) is 12.2 Å². The first kappa shape index (κ1) is 22.9. The summed E-state index contributed by atoms with van der Waals surface area (Å²) in [5.41, 5.74) is 12.3. The lowest BCUT2D eigenvalue weighted by atomic mass is 9.87. The molecule has 0 bridgehead atoms. The summed E-state index contributed by atoms with van der Waals surface area (Å²) < 4.78 is 25.9. The second-order valence-corrected chi connectivity index (χ2v) is 9.81. The third kappa shape index (κ3) is 8.25. The quantitative estimate of drug-likeness (QED) is 0.381. The van der Waals surface area contributed by atoms with Gasteiger partial charge in [0.25, 0.3) is 10.1 Å². The van der Waals surface area contributed by atoms with Crippen molar-refractivity contribution in [2.24, 2.45) is 10.7 Å². The molecule has 1 aliphatic rings. The van der Waals surface area contributed by atoms with Crippen LogP contribution in [0.5, 0.6) is 0 Å². The van der Waals surface area contributed by atoms with Crippen molar-refractivity contribution in [3.05, 3.63) is 59.2 Å². The van der Waals surface area contributed by atoms with E-state index in [1.54, 1.807) is 0 Å². The molecular weight excluding hydrogens is 386 g/mol. The van der Waals surface area contributed by atoms with Gasteiger partial charge in [-0.05, 0) is 72.1 Å². The third-order valence-electron chi connectivity index (χ3n) is 4.60. The highest BCUT2D eigenvalue weighted by Crippen LogP contribution is 2.25. The van der Waals surface area contributed by atoms with Crippen molar-refractivity contribution in [3.8, 4) is 0 Å². The maximum atomic E-state index is 9.19. The highest BCUT2D eigenvalue weighted by molar-refractivity contribution is 7.85. The molecule has 4 N–H and O–H groups in total. The monoisotopic (exact) mass is 417 g/mol. The second kappa shape index (κ2) is 9.41. The zero-order valence-corrected chi connectivity index (χ0v) is 18.4. The summed E-state index contributed by atoms with van der Waals surface area (Å²) in [4.78, 5) is 4.47. The average molecular weight is 418 g/mol. The van der Waals surface area contributed by atoms with Crippen LogP contribution in [0.15, 0.2) is 47.5 Å². The lowest BCUT2D eigenvalue weighted by Crippen LogP contribution is -2.22. The number of hydrogen-bond acceptors (Lipinski definition) is 3. The van der Waals surface area contributed by atoms with Crippen LogP contribution in [0.4, 0.5) is 11.4 Å². The highest BCUT2D eigenvalue weighted by Gasteiger charge is 2.13. The Morgan fingerprint density at radius 1 is 1.03 bits per heavy atom. The predicted molar refractivity (Wildman–Crippen MR) is 121 cm³/mol. The smallest absolute Gasteiger partial charge is 0.261 e. The van der Waals surface area contributed by atoms with Crippen molar-refractivity contribution >= 4 is 27.5 Å². The van der Waals surface area contributed by atoms with Gasteiger partial charge in [-0.2, -0.15) is 8.42 Å². The Morgan fingerprint density at radius 3 is 2.14 bits per heavy atom. The van der Waals surface area contributed by atoms with Gasteiger partial charge in [-0.15, -0.1) is 0 Å². The van der Waals surface area contributed by atoms with Crippen molar-refractivity contribution in [1.82, 2.24) is 0 Å². The number of rotatable bonds is 2. The zero-order chi connectivity index (χ0) is 21.7. The molecule has 2 aromatic rings. The molecular formula is C22H31N3O3S. The molecule has 3 rings (SSSR count). The van der Waals surface area contributed by atoms with E-state index in [0.717, 1.165) is 17.8 Å². The van der Waals surface area contributed by atoms with Gasteiger partial charge < -0.3 is 11.1 Å². The first-order valence-electron chi connectivity index (χ1n) is 9.68. The summed E-state index contributed by atoms with van der Waals surface area (Å²) in [6.45, 7) is 6.62. The summed E-state index contributed by atoms with van der Waals surface area (Å²) in [5, 5.41) is 3.21. The number of aryl methyl sites for hydroxylation is 2. The minimum absolute atomic E-state index is 0.148. The molecule has 0 radical (unpaired) electrons. The Balaban J connectivity index is 0.000000537. The van der Waals surface area contributed by atoms with Crippen LogP contribution in [0.3, 0.4) is 0 Å². The SMILES string of the molecule is CC(C)(C)c1ccc(N=C(N)Nc2ccc3c(c2)CCCC3)cc1.CS(=O)(=O)O. The van der Waals surface area contributed by atoms with Gasteiger partial charge in [0, 0.05) is 5.69 Å². The number of nitrogens with two attached hydrogens (primary N) is 1. The van der Waals surface area contributed by atoms with Gasteiger partial charge in [0.05, 0.1) is 11.9 Å². The van der Waals surface area contributed by atoms with Crippen LogP contribution in [-0.4, -0.2) is 25.2 Å². The summed E-state index contributed by atoms with van der Waals surface area (Å²) in [5.74, 6) is 0.425. The van der Waals surface area contributed by atoms with Gasteiger partial charge in [0.1, 0.15) is 0 Å². The number of nitrogens with zero attached hydrogens (tertiary/aromatic N) is 1. The van der Waals surface area contributed by atoms with Crippen LogP contribution in [0.2, 0.25) is 0 Å². The van der Waals surface area contributed by atoms with Crippen molar-refractivity contribution in [2.45, 2.75) is 51.9 Å². The normalized spacial score (nSPS) is 14.4. The van der Waals surface area contributed by atoms with E-state index in [1.807, 2.05) is 12.1 Å². The van der Waals surface area contributed by atoms with Crippen molar-refractivity contribution in [2.75, 3.05) is 11.6 Å². The molecule has 0 saturated carbocycles. The van der Waals surface area contributed by atoms with Crippen LogP contribution in [0.25, 0.3) is 0 Å². The molecule has 0 atom stereocenters. The topological polar surface area (TPSA) is 105 Å². The fourth-order valence-electron chi connectivity index (χ4n) is 3.16. The van der Waals surface area contributed by atoms with Crippen molar-refractivity contribution in [3.63, 3.8) is 0 Å². The molecule has 0 spiro atoms. The Bertz CT molecular complexity index is 952. The minimum atomic E-state index is -3.67. The molecule has 29 heavy (non-hydrogen) atoms. The Hall–Kier alpha value is -2.38. The van der Waals surface area contributed by atoms with Crippen LogP contribution in [0.1, 0.15) is 50.3 Å². The Labute approximate surface area is 174 Å². The summed E-state index contributed by atoms with van der Waals surface area (Å²) in [6.07, 6.45) is 5.65. The fraction of sp³-hybridized carbons (Fsp3) is 0.409. The van der Waals surface area contributed by atoms with Crippen LogP contribution >= 0.6 is 0 Å². The zero-order valence-electron chi connectivity index (χ0n) is 17.6. The molecule has 6 nitrogen and oxygen atoms in total. The molecule has 7 heteroatoms.